The highest BCUT2D eigenvalue weighted by molar-refractivity contribution is 8.76. The fourth-order valence-electron chi connectivity index (χ4n) is 15.4. The summed E-state index contributed by atoms with van der Waals surface area (Å²) < 4.78 is 99.7. The molecule has 4 aliphatic heterocycles. The molecule has 17 rings (SSSR count). The van der Waals surface area contributed by atoms with Crippen molar-refractivity contribution in [1.82, 2.24) is 33.9 Å². The van der Waals surface area contributed by atoms with Crippen LogP contribution in [0.15, 0.2) is 127 Å². The van der Waals surface area contributed by atoms with Crippen LogP contribution in [-0.2, 0) is 55.5 Å². The standard InChI is InChI=1S/C18H22N3O2S2.C17H20N3O3S.C17H21N3O3S.C17H19N3O3S.C17H18N3O2S.CH4S.CH4/c1-11-9-21(16(10-25-24-5)12(2)17(11)23-4)18-19-14-7-6-13(22-3)8-15(14)20-18;1-10-8-20-15(11(2)16(10)23-4)9-24(21)17(20)18-13-6-5-12(22-3)7-14(13)19-17;1-10-8-20(15(9-24-21)11(2)16(10)23-4)17-18-13-6-5-12(22-3)7-14(13)19-17;1-10-8-18-15(11(2)16(10)23-4)9-24(21)17-19-13-6-5-12(22-3)7-14(13)20-17;1-10-8-19-15(11(2)16(10)22-4)9-23-20-14-7-12(21-3)5-6-13(14)18-17(19)20;1-2;/h6-9H,10H2,1-5H3,(H,19,20);5-8,18-19H,9H2,1-4H3;5-8,17-19H,9H2,1-4H3;5-8H,9H2,1-4H3,(H,19,20);5-8H,9H2,1-4H3;2H,1H3;1H4/q2*+1;;;+1;;/p+2. The normalized spacial score (nSPS) is 14.7. The van der Waals surface area contributed by atoms with Crippen LogP contribution in [0.4, 0.5) is 22.7 Å². The van der Waals surface area contributed by atoms with E-state index in [1.54, 1.807) is 117 Å². The summed E-state index contributed by atoms with van der Waals surface area (Å²) >= 11 is 6.08. The van der Waals surface area contributed by atoms with E-state index >= 15 is 0 Å². The van der Waals surface area contributed by atoms with Crippen LogP contribution in [-0.4, -0.2) is 130 Å². The van der Waals surface area contributed by atoms with Crippen molar-refractivity contribution >= 4 is 136 Å². The van der Waals surface area contributed by atoms with E-state index in [9.17, 15) is 13.0 Å². The molecule has 1 spiro atoms. The molecule has 5 aromatic carbocycles. The molecule has 652 valence electrons. The molecule has 0 aliphatic carbocycles. The topological polar surface area (TPSA) is 298 Å². The summed E-state index contributed by atoms with van der Waals surface area (Å²) in [6.07, 6.45) is 13.6. The van der Waals surface area contributed by atoms with E-state index in [1.165, 1.54) is 17.0 Å². The number of hydrogen-bond donors (Lipinski definition) is 8. The zero-order valence-electron chi connectivity index (χ0n) is 73.4. The first-order chi connectivity index (χ1) is 58.8. The highest BCUT2D eigenvalue weighted by Crippen LogP contribution is 2.44. The first-order valence-electron chi connectivity index (χ1n) is 38.6. The van der Waals surface area contributed by atoms with Gasteiger partial charge in [0, 0.05) is 81.9 Å². The molecule has 12 heterocycles. The van der Waals surface area contributed by atoms with Gasteiger partial charge in [0.05, 0.1) is 173 Å². The van der Waals surface area contributed by atoms with Crippen LogP contribution in [0, 0.1) is 69.2 Å². The van der Waals surface area contributed by atoms with E-state index in [2.05, 4.69) is 118 Å². The molecule has 35 heteroatoms. The van der Waals surface area contributed by atoms with Crippen LogP contribution in [0.5, 0.6) is 57.5 Å². The first-order valence-corrected chi connectivity index (χ1v) is 46.7. The van der Waals surface area contributed by atoms with Gasteiger partial charge in [0.2, 0.25) is 11.4 Å². The number of methoxy groups -OCH3 is 10. The molecule has 0 saturated carbocycles. The minimum Gasteiger partial charge on any atom is -0.497 e. The second-order valence-corrected chi connectivity index (χ2v) is 35.5. The maximum atomic E-state index is 13.0. The van der Waals surface area contributed by atoms with Crippen molar-refractivity contribution in [3.8, 4) is 69.4 Å². The molecule has 123 heavy (non-hydrogen) atoms. The van der Waals surface area contributed by atoms with Gasteiger partial charge >= 0.3 is 24.7 Å². The lowest BCUT2D eigenvalue weighted by atomic mass is 10.1. The number of nitrogens with one attached hydrogen (secondary N) is 6. The molecule has 7 N–H and O–H groups in total. The van der Waals surface area contributed by atoms with E-state index < -0.39 is 26.7 Å². The van der Waals surface area contributed by atoms with Crippen LogP contribution < -0.4 is 86.9 Å². The van der Waals surface area contributed by atoms with Gasteiger partial charge in [0.1, 0.15) is 96.7 Å². The molecule has 4 aliphatic rings. The van der Waals surface area contributed by atoms with Crippen molar-refractivity contribution in [2.45, 2.75) is 122 Å². The number of nitrogens with zero attached hydrogens (tertiary/aromatic N) is 9. The number of benzene rings is 5. The monoisotopic (exact) mass is 1810 g/mol. The number of imidazole rings is 3. The van der Waals surface area contributed by atoms with Crippen LogP contribution in [0.3, 0.4) is 0 Å². The summed E-state index contributed by atoms with van der Waals surface area (Å²) in [5.41, 5.74) is 24.9. The number of ether oxygens (including phenoxy) is 10. The predicted octanol–water partition coefficient (Wildman–Crippen LogP) is 16.4. The van der Waals surface area contributed by atoms with Crippen molar-refractivity contribution in [2.75, 3.05) is 105 Å². The summed E-state index contributed by atoms with van der Waals surface area (Å²) in [4.78, 5) is 24.9. The number of anilines is 4. The molecule has 0 amide bonds. The molecule has 4 unspecified atom stereocenters. The lowest BCUT2D eigenvalue weighted by Crippen LogP contribution is -2.63. The highest BCUT2D eigenvalue weighted by Gasteiger charge is 2.59. The zero-order chi connectivity index (χ0) is 87.7. The van der Waals surface area contributed by atoms with Gasteiger partial charge in [-0.3, -0.25) is 19.8 Å². The summed E-state index contributed by atoms with van der Waals surface area (Å²) in [6.45, 7) is 20.2. The Labute approximate surface area is 746 Å². The molecule has 0 bridgehead atoms. The minimum atomic E-state index is -1.33. The highest BCUT2D eigenvalue weighted by atomic mass is 33.1. The zero-order valence-corrected chi connectivity index (χ0v) is 78.2. The first kappa shape index (κ1) is 93.2. The number of thiol groups is 1. The SMILES string of the molecule is C.COc1ccc2c(c1)NC([n+]1cc(C)c(OC)c(C)c1CSO)N2.COc1ccc2c(c1)NC1(N2)[n+]2cc(C)c(OC)c(C)c2CS1=O.COc1ccc2nc(-[n+]3cc(C)c(OC)c(C)c3CSSC)[nH]c2c1.COc1ccc2nc(S(=O)Cc3ncc(C)c(OC)c3C)[nH]c2c1.COc1ccc2nc3n(c2c1)SCc1c(C)c(OC)c(C)c[n+]1-3.CS.[H+]. The van der Waals surface area contributed by atoms with Crippen LogP contribution in [0.25, 0.3) is 45.0 Å². The fraction of sp³-hybridized carbons (Fsp3) is 0.341. The fourth-order valence-corrected chi connectivity index (χ4v) is 21.0. The van der Waals surface area contributed by atoms with E-state index in [1.807, 2.05) is 149 Å². The Bertz CT molecular complexity index is 6120. The lowest BCUT2D eigenvalue weighted by Gasteiger charge is -2.19. The van der Waals surface area contributed by atoms with E-state index in [0.717, 1.165) is 216 Å². The Morgan fingerprint density at radius 1 is 0.553 bits per heavy atom. The molecule has 0 saturated heterocycles. The second kappa shape index (κ2) is 40.9. The molecule has 4 atom stereocenters. The van der Waals surface area contributed by atoms with Gasteiger partial charge in [-0.1, -0.05) is 39.0 Å². The maximum absolute atomic E-state index is 13.0. The Kier molecular flexibility index (Phi) is 30.9. The number of hydrogen-bond acceptors (Lipinski definition) is 26. The number of fused-ring (bicyclic) bond motifs is 11. The number of pyridine rings is 5. The number of H-pyrrole nitrogens is 2. The van der Waals surface area contributed by atoms with Gasteiger partial charge in [0.15, 0.2) is 34.1 Å². The molecule has 0 radical (unpaired) electrons. The Balaban J connectivity index is 0.000000161. The Hall–Kier alpha value is -10.5. The summed E-state index contributed by atoms with van der Waals surface area (Å²) in [5, 5.41) is 13.3. The smallest absolute Gasteiger partial charge is 0.497 e. The largest absolute Gasteiger partial charge is 1.00 e. The van der Waals surface area contributed by atoms with Gasteiger partial charge in [0.25, 0.3) is 0 Å². The van der Waals surface area contributed by atoms with Crippen molar-refractivity contribution in [1.29, 1.82) is 0 Å². The van der Waals surface area contributed by atoms with Gasteiger partial charge in [-0.05, 0) is 154 Å². The van der Waals surface area contributed by atoms with E-state index in [4.69, 9.17) is 57.3 Å². The van der Waals surface area contributed by atoms with Crippen molar-refractivity contribution < 1.29 is 80.0 Å². The van der Waals surface area contributed by atoms with Gasteiger partial charge < -0.3 is 67.5 Å². The molecule has 28 nitrogen and oxygen atoms in total. The molecule has 8 aromatic heterocycles. The van der Waals surface area contributed by atoms with Gasteiger partial charge in [-0.2, -0.15) is 21.2 Å². The van der Waals surface area contributed by atoms with Crippen LogP contribution in [0.1, 0.15) is 99.2 Å². The number of rotatable bonds is 20. The van der Waals surface area contributed by atoms with Crippen molar-refractivity contribution in [3.05, 3.63) is 206 Å². The van der Waals surface area contributed by atoms with Crippen molar-refractivity contribution in [2.24, 2.45) is 0 Å². The van der Waals surface area contributed by atoms with Crippen LogP contribution in [0.2, 0.25) is 0 Å². The molecule has 13 aromatic rings. The molecular weight excluding hydrogens is 1700 g/mol. The maximum Gasteiger partial charge on any atom is 1.00 e. The third kappa shape index (κ3) is 19.0. The lowest BCUT2D eigenvalue weighted by molar-refractivity contribution is -0.727. The number of aryl methyl sites for hydroxylation is 5. The van der Waals surface area contributed by atoms with E-state index in [-0.39, 0.29) is 20.9 Å². The Morgan fingerprint density at radius 3 is 1.65 bits per heavy atom. The average Bonchev–Trinajstić information content (AvgIpc) is 1.56. The number of aromatic nitrogens is 11. The van der Waals surface area contributed by atoms with Gasteiger partial charge in [-0.15, -0.1) is 4.57 Å². The third-order valence-electron chi connectivity index (χ3n) is 21.4. The Morgan fingerprint density at radius 2 is 1.05 bits per heavy atom. The molecule has 0 fully saturated rings. The quantitative estimate of drug-likeness (QED) is 0.0152. The second-order valence-electron chi connectivity index (χ2n) is 28.5. The van der Waals surface area contributed by atoms with E-state index in [0.29, 0.717) is 16.7 Å². The van der Waals surface area contributed by atoms with Gasteiger partial charge in [-0.25, -0.2) is 23.3 Å². The number of aromatic amines is 2. The summed E-state index contributed by atoms with van der Waals surface area (Å²) in [5.74, 6) is 13.0. The third-order valence-corrected chi connectivity index (χ3v) is 27.2. The predicted molar refractivity (Wildman–Crippen MR) is 500 cm³/mol. The van der Waals surface area contributed by atoms with Crippen LogP contribution >= 0.6 is 58.2 Å². The minimum absolute atomic E-state index is 0. The average molecular weight is 1810 g/mol. The summed E-state index contributed by atoms with van der Waals surface area (Å²) in [6, 6.07) is 29.0. The molecular formula is C88H110N15O13S7+5. The van der Waals surface area contributed by atoms with Crippen molar-refractivity contribution in [3.63, 3.8) is 0 Å². The summed E-state index contributed by atoms with van der Waals surface area (Å²) in [7, 11) is 17.7.